The summed E-state index contributed by atoms with van der Waals surface area (Å²) in [7, 11) is 2.21. The average molecular weight is 355 g/mol. The third-order valence-electron chi connectivity index (χ3n) is 5.51. The Morgan fingerprint density at radius 2 is 2.04 bits per heavy atom. The highest BCUT2D eigenvalue weighted by molar-refractivity contribution is 5.89. The van der Waals surface area contributed by atoms with E-state index in [-0.39, 0.29) is 6.03 Å². The van der Waals surface area contributed by atoms with Crippen LogP contribution in [-0.4, -0.2) is 73.6 Å². The number of carbonyl (C=O) groups is 1. The highest BCUT2D eigenvalue weighted by Crippen LogP contribution is 2.18. The SMILES string of the molecule is Cc1ccc(NC(=O)N2CCN(C[C@@H]3CCCN(C)C3)CC2)cc1C#N. The second-order valence-corrected chi connectivity index (χ2v) is 7.63. The number of anilines is 1. The number of nitrogens with one attached hydrogen (secondary N) is 1. The van der Waals surface area contributed by atoms with Crippen molar-refractivity contribution in [3.63, 3.8) is 0 Å². The summed E-state index contributed by atoms with van der Waals surface area (Å²) >= 11 is 0. The molecule has 2 aliphatic rings. The Balaban J connectivity index is 1.47. The molecule has 6 nitrogen and oxygen atoms in total. The smallest absolute Gasteiger partial charge is 0.321 e. The van der Waals surface area contributed by atoms with Crippen LogP contribution in [-0.2, 0) is 0 Å². The molecule has 26 heavy (non-hydrogen) atoms. The van der Waals surface area contributed by atoms with Gasteiger partial charge < -0.3 is 15.1 Å². The van der Waals surface area contributed by atoms with E-state index in [2.05, 4.69) is 28.2 Å². The lowest BCUT2D eigenvalue weighted by molar-refractivity contribution is 0.109. The van der Waals surface area contributed by atoms with Crippen molar-refractivity contribution >= 4 is 11.7 Å². The Bertz CT molecular complexity index is 675. The number of likely N-dealkylation sites (tertiary alicyclic amines) is 1. The van der Waals surface area contributed by atoms with Crippen molar-refractivity contribution in [2.45, 2.75) is 19.8 Å². The van der Waals surface area contributed by atoms with Crippen LogP contribution in [0.5, 0.6) is 0 Å². The maximum atomic E-state index is 12.5. The number of nitrogens with zero attached hydrogens (tertiary/aromatic N) is 4. The standard InChI is InChI=1S/C20H29N5O/c1-16-5-6-19(12-18(16)13-21)22-20(26)25-10-8-24(9-11-25)15-17-4-3-7-23(2)14-17/h5-6,12,17H,3-4,7-11,14-15H2,1-2H3,(H,22,26)/t17-/m1/s1. The van der Waals surface area contributed by atoms with Gasteiger partial charge in [0, 0.05) is 45.0 Å². The molecule has 2 saturated heterocycles. The normalized spacial score (nSPS) is 22.0. The summed E-state index contributed by atoms with van der Waals surface area (Å²) in [6.45, 7) is 8.83. The van der Waals surface area contributed by atoms with Crippen molar-refractivity contribution < 1.29 is 4.79 Å². The Morgan fingerprint density at radius 3 is 2.73 bits per heavy atom. The first-order chi connectivity index (χ1) is 12.5. The largest absolute Gasteiger partial charge is 0.322 e. The first-order valence-electron chi connectivity index (χ1n) is 9.52. The maximum absolute atomic E-state index is 12.5. The van der Waals surface area contributed by atoms with E-state index in [4.69, 9.17) is 5.26 Å². The highest BCUT2D eigenvalue weighted by Gasteiger charge is 2.25. The fraction of sp³-hybridized carbons (Fsp3) is 0.600. The van der Waals surface area contributed by atoms with Gasteiger partial charge in [0.05, 0.1) is 11.6 Å². The van der Waals surface area contributed by atoms with Crippen molar-refractivity contribution in [3.8, 4) is 6.07 Å². The molecule has 1 aromatic carbocycles. The summed E-state index contributed by atoms with van der Waals surface area (Å²) in [4.78, 5) is 19.3. The van der Waals surface area contributed by atoms with E-state index >= 15 is 0 Å². The van der Waals surface area contributed by atoms with Crippen LogP contribution in [0.3, 0.4) is 0 Å². The Hall–Kier alpha value is -2.10. The molecule has 0 aliphatic carbocycles. The van der Waals surface area contributed by atoms with Gasteiger partial charge in [-0.15, -0.1) is 0 Å². The van der Waals surface area contributed by atoms with Gasteiger partial charge in [0.2, 0.25) is 0 Å². The van der Waals surface area contributed by atoms with Crippen molar-refractivity contribution in [2.75, 3.05) is 58.2 Å². The molecule has 2 aliphatic heterocycles. The van der Waals surface area contributed by atoms with E-state index in [1.807, 2.05) is 24.0 Å². The number of hydrogen-bond donors (Lipinski definition) is 1. The van der Waals surface area contributed by atoms with E-state index < -0.39 is 0 Å². The quantitative estimate of drug-likeness (QED) is 0.904. The number of piperidine rings is 1. The number of benzene rings is 1. The molecule has 140 valence electrons. The number of aryl methyl sites for hydroxylation is 1. The summed E-state index contributed by atoms with van der Waals surface area (Å²) < 4.78 is 0. The van der Waals surface area contributed by atoms with Crippen molar-refractivity contribution in [1.29, 1.82) is 5.26 Å². The van der Waals surface area contributed by atoms with Crippen LogP contribution in [0, 0.1) is 24.2 Å². The molecule has 1 aromatic rings. The molecule has 0 saturated carbocycles. The highest BCUT2D eigenvalue weighted by atomic mass is 16.2. The van der Waals surface area contributed by atoms with Crippen LogP contribution in [0.25, 0.3) is 0 Å². The third-order valence-corrected chi connectivity index (χ3v) is 5.51. The van der Waals surface area contributed by atoms with Gasteiger partial charge in [-0.3, -0.25) is 4.90 Å². The number of hydrogen-bond acceptors (Lipinski definition) is 4. The minimum atomic E-state index is -0.0743. The van der Waals surface area contributed by atoms with E-state index in [1.165, 1.54) is 25.9 Å². The van der Waals surface area contributed by atoms with Gasteiger partial charge in [-0.25, -0.2) is 4.79 Å². The minimum absolute atomic E-state index is 0.0743. The van der Waals surface area contributed by atoms with Crippen molar-refractivity contribution in [3.05, 3.63) is 29.3 Å². The van der Waals surface area contributed by atoms with Crippen LogP contribution >= 0.6 is 0 Å². The zero-order chi connectivity index (χ0) is 18.5. The molecule has 1 N–H and O–H groups in total. The monoisotopic (exact) mass is 355 g/mol. The second-order valence-electron chi connectivity index (χ2n) is 7.63. The predicted octanol–water partition coefficient (Wildman–Crippen LogP) is 2.36. The van der Waals surface area contributed by atoms with Gasteiger partial charge in [-0.2, -0.15) is 5.26 Å². The molecule has 0 spiro atoms. The van der Waals surface area contributed by atoms with Crippen molar-refractivity contribution in [2.24, 2.45) is 5.92 Å². The van der Waals surface area contributed by atoms with Crippen LogP contribution < -0.4 is 5.32 Å². The number of urea groups is 1. The molecular weight excluding hydrogens is 326 g/mol. The fourth-order valence-corrected chi connectivity index (χ4v) is 3.94. The third kappa shape index (κ3) is 4.75. The fourth-order valence-electron chi connectivity index (χ4n) is 3.94. The van der Waals surface area contributed by atoms with Crippen molar-refractivity contribution in [1.82, 2.24) is 14.7 Å². The van der Waals surface area contributed by atoms with Gasteiger partial charge >= 0.3 is 6.03 Å². The van der Waals surface area contributed by atoms with Crippen LogP contribution in [0.4, 0.5) is 10.5 Å². The molecule has 0 bridgehead atoms. The summed E-state index contributed by atoms with van der Waals surface area (Å²) in [5, 5.41) is 12.1. The number of rotatable bonds is 3. The lowest BCUT2D eigenvalue weighted by Gasteiger charge is -2.38. The molecule has 3 rings (SSSR count). The van der Waals surface area contributed by atoms with Gasteiger partial charge in [0.15, 0.2) is 0 Å². The molecular formula is C20H29N5O. The number of amides is 2. The van der Waals surface area contributed by atoms with Crippen LogP contribution in [0.1, 0.15) is 24.0 Å². The summed E-state index contributed by atoms with van der Waals surface area (Å²) in [5.74, 6) is 0.756. The van der Waals surface area contributed by atoms with Gasteiger partial charge in [0.25, 0.3) is 0 Å². The second kappa shape index (κ2) is 8.52. The predicted molar refractivity (Wildman–Crippen MR) is 103 cm³/mol. The van der Waals surface area contributed by atoms with Crippen LogP contribution in [0.15, 0.2) is 18.2 Å². The van der Waals surface area contributed by atoms with Gasteiger partial charge in [-0.05, 0) is 57.0 Å². The lowest BCUT2D eigenvalue weighted by Crippen LogP contribution is -2.51. The van der Waals surface area contributed by atoms with Crippen LogP contribution in [0.2, 0.25) is 0 Å². The molecule has 0 unspecified atom stereocenters. The number of carbonyl (C=O) groups excluding carboxylic acids is 1. The molecule has 2 heterocycles. The Labute approximate surface area is 156 Å². The van der Waals surface area contributed by atoms with E-state index in [0.717, 1.165) is 44.2 Å². The lowest BCUT2D eigenvalue weighted by atomic mass is 9.97. The number of nitriles is 1. The first kappa shape index (κ1) is 18.7. The molecule has 6 heteroatoms. The summed E-state index contributed by atoms with van der Waals surface area (Å²) in [6.07, 6.45) is 2.62. The zero-order valence-corrected chi connectivity index (χ0v) is 15.9. The molecule has 0 radical (unpaired) electrons. The molecule has 2 amide bonds. The summed E-state index contributed by atoms with van der Waals surface area (Å²) in [5.41, 5.74) is 2.21. The van der Waals surface area contributed by atoms with E-state index in [1.54, 1.807) is 6.07 Å². The minimum Gasteiger partial charge on any atom is -0.322 e. The molecule has 1 atom stereocenters. The Kier molecular flexibility index (Phi) is 6.12. The molecule has 0 aromatic heterocycles. The topological polar surface area (TPSA) is 62.6 Å². The first-order valence-corrected chi connectivity index (χ1v) is 9.52. The van der Waals surface area contributed by atoms with E-state index in [9.17, 15) is 4.79 Å². The number of piperazine rings is 1. The zero-order valence-electron chi connectivity index (χ0n) is 15.9. The van der Waals surface area contributed by atoms with Gasteiger partial charge in [-0.1, -0.05) is 6.07 Å². The summed E-state index contributed by atoms with van der Waals surface area (Å²) in [6, 6.07) is 7.55. The maximum Gasteiger partial charge on any atom is 0.321 e. The van der Waals surface area contributed by atoms with Gasteiger partial charge in [0.1, 0.15) is 0 Å². The van der Waals surface area contributed by atoms with E-state index in [0.29, 0.717) is 11.3 Å². The molecule has 2 fully saturated rings. The Morgan fingerprint density at radius 1 is 1.27 bits per heavy atom. The average Bonchev–Trinajstić information content (AvgIpc) is 2.64.